The van der Waals surface area contributed by atoms with Crippen LogP contribution in [-0.2, 0) is 4.74 Å². The van der Waals surface area contributed by atoms with Crippen LogP contribution < -0.4 is 0 Å². The summed E-state index contributed by atoms with van der Waals surface area (Å²) >= 11 is 1.75. The van der Waals surface area contributed by atoms with E-state index in [2.05, 4.69) is 0 Å². The number of carbonyl (C=O) groups is 1. The monoisotopic (exact) mass is 248 g/mol. The van der Waals surface area contributed by atoms with Crippen molar-refractivity contribution in [3.8, 4) is 0 Å². The first kappa shape index (κ1) is 10.9. The molecule has 2 heterocycles. The summed E-state index contributed by atoms with van der Waals surface area (Å²) in [5.41, 5.74) is 0.749. The van der Waals surface area contributed by atoms with Crippen molar-refractivity contribution in [2.24, 2.45) is 0 Å². The third kappa shape index (κ3) is 2.10. The number of ketones is 1. The fraction of sp³-hybridized carbons (Fsp3) is 0.308. The van der Waals surface area contributed by atoms with Crippen LogP contribution in [0.15, 0.2) is 34.7 Å². The number of hydrogen-bond acceptors (Lipinski definition) is 4. The Kier molecular flexibility index (Phi) is 2.91. The number of carbonyl (C=O) groups excluding carboxylic acids is 1. The Labute approximate surface area is 103 Å². The van der Waals surface area contributed by atoms with Gasteiger partial charge in [0.15, 0.2) is 5.76 Å². The van der Waals surface area contributed by atoms with Gasteiger partial charge in [-0.25, -0.2) is 0 Å². The molecule has 3 nitrogen and oxygen atoms in total. The number of hydrogen-bond donors (Lipinski definition) is 0. The van der Waals surface area contributed by atoms with Gasteiger partial charge < -0.3 is 9.15 Å². The lowest BCUT2D eigenvalue weighted by molar-refractivity contribution is 0.0495. The van der Waals surface area contributed by atoms with Crippen LogP contribution in [0.1, 0.15) is 10.6 Å². The van der Waals surface area contributed by atoms with Crippen LogP contribution in [0.2, 0.25) is 0 Å². The lowest BCUT2D eigenvalue weighted by Crippen LogP contribution is -2.31. The molecular formula is C13H12O3S. The molecule has 1 aromatic carbocycles. The van der Waals surface area contributed by atoms with Gasteiger partial charge in [0, 0.05) is 16.9 Å². The molecule has 1 fully saturated rings. The number of furan rings is 1. The summed E-state index contributed by atoms with van der Waals surface area (Å²) in [6.45, 7) is 0.640. The number of rotatable bonds is 2. The van der Waals surface area contributed by atoms with Crippen LogP contribution in [0.3, 0.4) is 0 Å². The van der Waals surface area contributed by atoms with Crippen LogP contribution in [0, 0.1) is 0 Å². The Morgan fingerprint density at radius 2 is 2.24 bits per heavy atom. The van der Waals surface area contributed by atoms with Crippen molar-refractivity contribution in [3.63, 3.8) is 0 Å². The van der Waals surface area contributed by atoms with Gasteiger partial charge in [-0.15, -0.1) is 0 Å². The van der Waals surface area contributed by atoms with Gasteiger partial charge in [0.05, 0.1) is 6.61 Å². The van der Waals surface area contributed by atoms with E-state index in [1.165, 1.54) is 0 Å². The summed E-state index contributed by atoms with van der Waals surface area (Å²) in [5, 5.41) is 0.958. The van der Waals surface area contributed by atoms with Crippen LogP contribution in [-0.4, -0.2) is 30.0 Å². The summed E-state index contributed by atoms with van der Waals surface area (Å²) in [5.74, 6) is 2.03. The summed E-state index contributed by atoms with van der Waals surface area (Å²) in [4.78, 5) is 12.1. The fourth-order valence-corrected chi connectivity index (χ4v) is 2.74. The van der Waals surface area contributed by atoms with Crippen molar-refractivity contribution < 1.29 is 13.9 Å². The largest absolute Gasteiger partial charge is 0.453 e. The Morgan fingerprint density at radius 3 is 3.00 bits per heavy atom. The SMILES string of the molecule is O=C(c1cc2ccccc2o1)C1CSCCO1. The highest BCUT2D eigenvalue weighted by Gasteiger charge is 2.26. The normalized spacial score (nSPS) is 20.6. The smallest absolute Gasteiger partial charge is 0.227 e. The fourth-order valence-electron chi connectivity index (χ4n) is 1.90. The van der Waals surface area contributed by atoms with E-state index in [4.69, 9.17) is 9.15 Å². The highest BCUT2D eigenvalue weighted by Crippen LogP contribution is 2.22. The Balaban J connectivity index is 1.89. The minimum Gasteiger partial charge on any atom is -0.453 e. The molecule has 3 rings (SSSR count). The standard InChI is InChI=1S/C13H12O3S/c14-13(12-8-17-6-5-15-12)11-7-9-3-1-2-4-10(9)16-11/h1-4,7,12H,5-6,8H2. The molecule has 0 bridgehead atoms. The number of Topliss-reactive ketones (excluding diaryl/α,β-unsaturated/α-hetero) is 1. The molecule has 88 valence electrons. The summed E-state index contributed by atoms with van der Waals surface area (Å²) < 4.78 is 11.0. The molecule has 0 aliphatic carbocycles. The number of para-hydroxylation sites is 1. The van der Waals surface area contributed by atoms with Crippen molar-refractivity contribution in [1.29, 1.82) is 0 Å². The van der Waals surface area contributed by atoms with Gasteiger partial charge in [-0.05, 0) is 12.1 Å². The van der Waals surface area contributed by atoms with E-state index < -0.39 is 0 Å². The van der Waals surface area contributed by atoms with E-state index in [9.17, 15) is 4.79 Å². The van der Waals surface area contributed by atoms with Gasteiger partial charge in [-0.3, -0.25) is 4.79 Å². The topological polar surface area (TPSA) is 39.4 Å². The highest BCUT2D eigenvalue weighted by molar-refractivity contribution is 7.99. The van der Waals surface area contributed by atoms with E-state index >= 15 is 0 Å². The van der Waals surface area contributed by atoms with E-state index in [0.717, 1.165) is 22.5 Å². The molecule has 1 aromatic heterocycles. The molecule has 1 unspecified atom stereocenters. The Morgan fingerprint density at radius 1 is 1.35 bits per heavy atom. The number of benzene rings is 1. The van der Waals surface area contributed by atoms with Crippen molar-refractivity contribution in [3.05, 3.63) is 36.1 Å². The third-order valence-electron chi connectivity index (χ3n) is 2.78. The van der Waals surface area contributed by atoms with Crippen LogP contribution in [0.4, 0.5) is 0 Å². The quantitative estimate of drug-likeness (QED) is 0.766. The van der Waals surface area contributed by atoms with Crippen molar-refractivity contribution >= 4 is 28.5 Å². The first-order chi connectivity index (χ1) is 8.34. The molecule has 4 heteroatoms. The molecule has 0 amide bonds. The molecule has 0 radical (unpaired) electrons. The summed E-state index contributed by atoms with van der Waals surface area (Å²) in [6.07, 6.45) is -0.352. The van der Waals surface area contributed by atoms with Crippen molar-refractivity contribution in [1.82, 2.24) is 0 Å². The number of fused-ring (bicyclic) bond motifs is 1. The average Bonchev–Trinajstić information content (AvgIpc) is 2.82. The van der Waals surface area contributed by atoms with Gasteiger partial charge in [0.25, 0.3) is 0 Å². The second kappa shape index (κ2) is 4.55. The number of ether oxygens (including phenoxy) is 1. The van der Waals surface area contributed by atoms with Crippen LogP contribution >= 0.6 is 11.8 Å². The molecule has 17 heavy (non-hydrogen) atoms. The molecule has 1 atom stereocenters. The van der Waals surface area contributed by atoms with Crippen LogP contribution in [0.25, 0.3) is 11.0 Å². The Bertz CT molecular complexity index is 507. The highest BCUT2D eigenvalue weighted by atomic mass is 32.2. The second-order valence-corrected chi connectivity index (χ2v) is 5.10. The zero-order valence-corrected chi connectivity index (χ0v) is 10.0. The maximum absolute atomic E-state index is 12.1. The van der Waals surface area contributed by atoms with Gasteiger partial charge >= 0.3 is 0 Å². The van der Waals surface area contributed by atoms with Gasteiger partial charge in [0.2, 0.25) is 5.78 Å². The molecule has 0 N–H and O–H groups in total. The molecule has 1 saturated heterocycles. The lowest BCUT2D eigenvalue weighted by Gasteiger charge is -2.19. The predicted molar refractivity (Wildman–Crippen MR) is 67.6 cm³/mol. The van der Waals surface area contributed by atoms with E-state index in [0.29, 0.717) is 12.4 Å². The summed E-state index contributed by atoms with van der Waals surface area (Å²) in [7, 11) is 0. The Hall–Kier alpha value is -1.26. The first-order valence-electron chi connectivity index (χ1n) is 5.57. The third-order valence-corrected chi connectivity index (χ3v) is 3.77. The van der Waals surface area contributed by atoms with Crippen molar-refractivity contribution in [2.45, 2.75) is 6.10 Å². The lowest BCUT2D eigenvalue weighted by atomic mass is 10.2. The van der Waals surface area contributed by atoms with Crippen LogP contribution in [0.5, 0.6) is 0 Å². The molecule has 1 aliphatic heterocycles. The second-order valence-electron chi connectivity index (χ2n) is 3.95. The summed E-state index contributed by atoms with van der Waals surface area (Å²) in [6, 6.07) is 9.42. The first-order valence-corrected chi connectivity index (χ1v) is 6.72. The van der Waals surface area contributed by atoms with Gasteiger partial charge in [0.1, 0.15) is 11.7 Å². The minimum atomic E-state index is -0.352. The van der Waals surface area contributed by atoms with Gasteiger partial charge in [-0.1, -0.05) is 18.2 Å². The van der Waals surface area contributed by atoms with E-state index in [1.54, 1.807) is 17.8 Å². The maximum atomic E-state index is 12.1. The molecule has 0 saturated carbocycles. The minimum absolute atomic E-state index is 0.0478. The van der Waals surface area contributed by atoms with E-state index in [1.807, 2.05) is 24.3 Å². The average molecular weight is 248 g/mol. The molecular weight excluding hydrogens is 236 g/mol. The number of thioether (sulfide) groups is 1. The predicted octanol–water partition coefficient (Wildman–Crippen LogP) is 2.75. The molecule has 0 spiro atoms. The van der Waals surface area contributed by atoms with E-state index in [-0.39, 0.29) is 11.9 Å². The maximum Gasteiger partial charge on any atom is 0.227 e. The molecule has 1 aliphatic rings. The molecule has 2 aromatic rings. The zero-order chi connectivity index (χ0) is 11.7. The van der Waals surface area contributed by atoms with Gasteiger partial charge in [-0.2, -0.15) is 11.8 Å². The zero-order valence-electron chi connectivity index (χ0n) is 9.22. The van der Waals surface area contributed by atoms with Crippen molar-refractivity contribution in [2.75, 3.05) is 18.1 Å².